The van der Waals surface area contributed by atoms with Crippen LogP contribution in [-0.4, -0.2) is 25.3 Å². The molecule has 0 aromatic heterocycles. The Hall–Kier alpha value is -2.07. The molecular formula is C13H13F3N2O2. The second-order valence-electron chi connectivity index (χ2n) is 4.01. The van der Waals surface area contributed by atoms with Gasteiger partial charge in [0, 0.05) is 13.0 Å². The number of halogens is 3. The van der Waals surface area contributed by atoms with E-state index in [0.29, 0.717) is 5.56 Å². The fourth-order valence-corrected chi connectivity index (χ4v) is 1.39. The number of benzene rings is 1. The van der Waals surface area contributed by atoms with E-state index in [2.05, 4.69) is 10.1 Å². The Morgan fingerprint density at radius 2 is 2.15 bits per heavy atom. The summed E-state index contributed by atoms with van der Waals surface area (Å²) in [6.07, 6.45) is -4.53. The Balaban J connectivity index is 2.25. The van der Waals surface area contributed by atoms with Crippen molar-refractivity contribution >= 4 is 5.91 Å². The standard InChI is InChI=1S/C13H13F3N2O2/c14-13(15,16)9-20-5-4-12(19)18-8-11-3-1-2-10(6-11)7-17/h1-3,6H,4-5,8-9H2,(H,18,19). The molecular weight excluding hydrogens is 273 g/mol. The highest BCUT2D eigenvalue weighted by atomic mass is 19.4. The molecule has 0 spiro atoms. The summed E-state index contributed by atoms with van der Waals surface area (Å²) < 4.78 is 39.6. The molecule has 0 aliphatic heterocycles. The largest absolute Gasteiger partial charge is 0.411 e. The van der Waals surface area contributed by atoms with Crippen LogP contribution in [0.1, 0.15) is 17.5 Å². The van der Waals surface area contributed by atoms with Gasteiger partial charge in [-0.2, -0.15) is 18.4 Å². The zero-order valence-corrected chi connectivity index (χ0v) is 10.5. The van der Waals surface area contributed by atoms with Gasteiger partial charge in [-0.25, -0.2) is 0 Å². The Morgan fingerprint density at radius 1 is 1.40 bits per heavy atom. The summed E-state index contributed by atoms with van der Waals surface area (Å²) in [5.41, 5.74) is 1.22. The molecule has 0 bridgehead atoms. The first-order valence-electron chi connectivity index (χ1n) is 5.81. The number of carbonyl (C=O) groups is 1. The van der Waals surface area contributed by atoms with Gasteiger partial charge in [0.2, 0.25) is 5.91 Å². The van der Waals surface area contributed by atoms with Gasteiger partial charge >= 0.3 is 6.18 Å². The molecule has 0 radical (unpaired) electrons. The third-order valence-electron chi connectivity index (χ3n) is 2.28. The quantitative estimate of drug-likeness (QED) is 0.815. The highest BCUT2D eigenvalue weighted by Crippen LogP contribution is 2.14. The highest BCUT2D eigenvalue weighted by molar-refractivity contribution is 5.75. The van der Waals surface area contributed by atoms with Gasteiger partial charge in [-0.15, -0.1) is 0 Å². The minimum Gasteiger partial charge on any atom is -0.372 e. The number of ether oxygens (including phenoxy) is 1. The summed E-state index contributed by atoms with van der Waals surface area (Å²) in [4.78, 5) is 11.4. The molecule has 1 amide bonds. The van der Waals surface area contributed by atoms with Gasteiger partial charge in [0.25, 0.3) is 0 Å². The van der Waals surface area contributed by atoms with Crippen LogP contribution in [0.4, 0.5) is 13.2 Å². The molecule has 0 fully saturated rings. The SMILES string of the molecule is N#Cc1cccc(CNC(=O)CCOCC(F)(F)F)c1. The van der Waals surface area contributed by atoms with E-state index in [-0.39, 0.29) is 19.6 Å². The number of alkyl halides is 3. The summed E-state index contributed by atoms with van der Waals surface area (Å²) in [7, 11) is 0. The molecule has 1 N–H and O–H groups in total. The molecule has 1 aromatic carbocycles. The lowest BCUT2D eigenvalue weighted by molar-refractivity contribution is -0.174. The maximum Gasteiger partial charge on any atom is 0.411 e. The van der Waals surface area contributed by atoms with E-state index in [0.717, 1.165) is 5.56 Å². The van der Waals surface area contributed by atoms with Crippen LogP contribution in [-0.2, 0) is 16.1 Å². The van der Waals surface area contributed by atoms with Crippen molar-refractivity contribution in [3.8, 4) is 6.07 Å². The molecule has 4 nitrogen and oxygen atoms in total. The summed E-state index contributed by atoms with van der Waals surface area (Å²) in [5, 5.41) is 11.2. The predicted molar refractivity (Wildman–Crippen MR) is 64.5 cm³/mol. The number of nitrogens with one attached hydrogen (secondary N) is 1. The van der Waals surface area contributed by atoms with E-state index in [1.807, 2.05) is 6.07 Å². The molecule has 0 saturated carbocycles. The van der Waals surface area contributed by atoms with Crippen LogP contribution in [0.5, 0.6) is 0 Å². The van der Waals surface area contributed by atoms with Crippen LogP contribution in [0.3, 0.4) is 0 Å². The molecule has 0 atom stereocenters. The maximum atomic E-state index is 11.8. The number of hydrogen-bond acceptors (Lipinski definition) is 3. The second kappa shape index (κ2) is 7.50. The van der Waals surface area contributed by atoms with Crippen molar-refractivity contribution in [2.24, 2.45) is 0 Å². The normalized spacial score (nSPS) is 10.9. The number of nitriles is 1. The van der Waals surface area contributed by atoms with Crippen molar-refractivity contribution in [2.75, 3.05) is 13.2 Å². The molecule has 7 heteroatoms. The van der Waals surface area contributed by atoms with Crippen LogP contribution in [0.15, 0.2) is 24.3 Å². The van der Waals surface area contributed by atoms with Gasteiger partial charge in [-0.05, 0) is 17.7 Å². The van der Waals surface area contributed by atoms with Crippen LogP contribution in [0, 0.1) is 11.3 Å². The number of amides is 1. The molecule has 0 aliphatic rings. The van der Waals surface area contributed by atoms with Crippen molar-refractivity contribution < 1.29 is 22.7 Å². The van der Waals surface area contributed by atoms with Gasteiger partial charge in [-0.3, -0.25) is 4.79 Å². The fraction of sp³-hybridized carbons (Fsp3) is 0.385. The Morgan fingerprint density at radius 3 is 2.80 bits per heavy atom. The van der Waals surface area contributed by atoms with E-state index < -0.39 is 18.7 Å². The summed E-state index contributed by atoms with van der Waals surface area (Å²) in [6, 6.07) is 8.66. The lowest BCUT2D eigenvalue weighted by atomic mass is 10.1. The third-order valence-corrected chi connectivity index (χ3v) is 2.28. The van der Waals surface area contributed by atoms with Crippen LogP contribution in [0.25, 0.3) is 0 Å². The smallest absolute Gasteiger partial charge is 0.372 e. The molecule has 108 valence electrons. The van der Waals surface area contributed by atoms with Crippen molar-refractivity contribution in [3.05, 3.63) is 35.4 Å². The van der Waals surface area contributed by atoms with E-state index in [1.54, 1.807) is 24.3 Å². The third kappa shape index (κ3) is 6.75. The van der Waals surface area contributed by atoms with Gasteiger partial charge < -0.3 is 10.1 Å². The van der Waals surface area contributed by atoms with Crippen LogP contribution < -0.4 is 5.32 Å². The van der Waals surface area contributed by atoms with Crippen LogP contribution in [0.2, 0.25) is 0 Å². The van der Waals surface area contributed by atoms with Gasteiger partial charge in [0.15, 0.2) is 0 Å². The first-order chi connectivity index (χ1) is 9.40. The van der Waals surface area contributed by atoms with Gasteiger partial charge in [0.05, 0.1) is 18.2 Å². The molecule has 0 heterocycles. The monoisotopic (exact) mass is 286 g/mol. The Bertz CT molecular complexity index is 495. The summed E-state index contributed by atoms with van der Waals surface area (Å²) in [6.45, 7) is -1.43. The minimum absolute atomic E-state index is 0.145. The zero-order valence-electron chi connectivity index (χ0n) is 10.5. The van der Waals surface area contributed by atoms with E-state index >= 15 is 0 Å². The van der Waals surface area contributed by atoms with E-state index in [1.165, 1.54) is 0 Å². The Labute approximate surface area is 114 Å². The lowest BCUT2D eigenvalue weighted by Crippen LogP contribution is -2.25. The Kier molecular flexibility index (Phi) is 6.00. The fourth-order valence-electron chi connectivity index (χ4n) is 1.39. The lowest BCUT2D eigenvalue weighted by Gasteiger charge is -2.08. The van der Waals surface area contributed by atoms with E-state index in [4.69, 9.17) is 5.26 Å². The molecule has 0 unspecified atom stereocenters. The molecule has 1 rings (SSSR count). The first-order valence-corrected chi connectivity index (χ1v) is 5.81. The zero-order chi connectivity index (χ0) is 15.0. The van der Waals surface area contributed by atoms with Crippen LogP contribution >= 0.6 is 0 Å². The van der Waals surface area contributed by atoms with Gasteiger partial charge in [0.1, 0.15) is 6.61 Å². The predicted octanol–water partition coefficient (Wildman–Crippen LogP) is 2.14. The molecule has 1 aromatic rings. The number of carbonyl (C=O) groups excluding carboxylic acids is 1. The van der Waals surface area contributed by atoms with Crippen molar-refractivity contribution in [1.29, 1.82) is 5.26 Å². The second-order valence-corrected chi connectivity index (χ2v) is 4.01. The van der Waals surface area contributed by atoms with Crippen molar-refractivity contribution in [1.82, 2.24) is 5.32 Å². The first kappa shape index (κ1) is 16.0. The van der Waals surface area contributed by atoms with Crippen molar-refractivity contribution in [2.45, 2.75) is 19.1 Å². The number of nitrogens with zero attached hydrogens (tertiary/aromatic N) is 1. The maximum absolute atomic E-state index is 11.8. The minimum atomic E-state index is -4.38. The summed E-state index contributed by atoms with van der Waals surface area (Å²) >= 11 is 0. The van der Waals surface area contributed by atoms with Crippen molar-refractivity contribution in [3.63, 3.8) is 0 Å². The van der Waals surface area contributed by atoms with Gasteiger partial charge in [-0.1, -0.05) is 12.1 Å². The topological polar surface area (TPSA) is 62.1 Å². The number of hydrogen-bond donors (Lipinski definition) is 1. The highest BCUT2D eigenvalue weighted by Gasteiger charge is 2.27. The molecule has 0 aliphatic carbocycles. The molecule has 0 saturated heterocycles. The molecule has 20 heavy (non-hydrogen) atoms. The average molecular weight is 286 g/mol. The number of rotatable bonds is 6. The average Bonchev–Trinajstić information content (AvgIpc) is 2.40. The van der Waals surface area contributed by atoms with E-state index in [9.17, 15) is 18.0 Å². The summed E-state index contributed by atoms with van der Waals surface area (Å²) in [5.74, 6) is -0.408.